The van der Waals surface area contributed by atoms with Crippen molar-refractivity contribution in [3.05, 3.63) is 12.2 Å². The van der Waals surface area contributed by atoms with Crippen LogP contribution in [-0.2, 0) is 0 Å². The predicted octanol–water partition coefficient (Wildman–Crippen LogP) is 5.31. The third kappa shape index (κ3) is 4.71. The summed E-state index contributed by atoms with van der Waals surface area (Å²) in [5.74, 6) is 0. The molecule has 0 bridgehead atoms. The van der Waals surface area contributed by atoms with Crippen LogP contribution in [0.3, 0.4) is 0 Å². The van der Waals surface area contributed by atoms with Crippen LogP contribution in [0.1, 0.15) is 71.6 Å². The number of rotatable bonds is 0. The summed E-state index contributed by atoms with van der Waals surface area (Å²) in [7, 11) is 4.15. The molecule has 1 heterocycles. The van der Waals surface area contributed by atoms with Crippen molar-refractivity contribution in [2.45, 2.75) is 87.2 Å². The Balaban J connectivity index is 1.89. The topological polar surface area (TPSA) is 26.0 Å². The zero-order valence-electron chi connectivity index (χ0n) is 12.5. The minimum Gasteiger partial charge on any atom is -0.325 e. The Morgan fingerprint density at radius 3 is 2.37 bits per heavy atom. The van der Waals surface area contributed by atoms with Gasteiger partial charge in [-0.1, -0.05) is 59.4 Å². The first-order valence-electron chi connectivity index (χ1n) is 7.82. The van der Waals surface area contributed by atoms with E-state index < -0.39 is 0 Å². The van der Waals surface area contributed by atoms with Crippen molar-refractivity contribution in [3.63, 3.8) is 0 Å². The lowest BCUT2D eigenvalue weighted by molar-refractivity contribution is 0.365. The monoisotopic (exact) mass is 299 g/mol. The summed E-state index contributed by atoms with van der Waals surface area (Å²) in [5.41, 5.74) is 6.46. The van der Waals surface area contributed by atoms with Crippen LogP contribution in [0.15, 0.2) is 12.2 Å². The molecule has 2 rings (SSSR count). The summed E-state index contributed by atoms with van der Waals surface area (Å²) in [5, 5.41) is 0.750. The third-order valence-corrected chi connectivity index (χ3v) is 8.57. The van der Waals surface area contributed by atoms with E-state index in [4.69, 9.17) is 5.73 Å². The van der Waals surface area contributed by atoms with Gasteiger partial charge in [-0.2, -0.15) is 0 Å². The number of hydrogen-bond donors (Lipinski definition) is 1. The first kappa shape index (κ1) is 15.8. The zero-order chi connectivity index (χ0) is 13.8. The molecule has 19 heavy (non-hydrogen) atoms. The molecule has 3 atom stereocenters. The molecule has 2 aliphatic rings. The van der Waals surface area contributed by atoms with Crippen molar-refractivity contribution >= 4 is 21.6 Å². The first-order chi connectivity index (χ1) is 9.02. The molecule has 0 aromatic rings. The van der Waals surface area contributed by atoms with Gasteiger partial charge < -0.3 is 5.73 Å². The van der Waals surface area contributed by atoms with E-state index in [9.17, 15) is 0 Å². The lowest BCUT2D eigenvalue weighted by atomic mass is 9.88. The maximum absolute atomic E-state index is 6.39. The van der Waals surface area contributed by atoms with E-state index >= 15 is 0 Å². The van der Waals surface area contributed by atoms with Crippen molar-refractivity contribution in [1.29, 1.82) is 0 Å². The largest absolute Gasteiger partial charge is 0.325 e. The van der Waals surface area contributed by atoms with E-state index in [0.717, 1.165) is 5.25 Å². The minimum atomic E-state index is 0.0708. The van der Waals surface area contributed by atoms with E-state index in [1.165, 1.54) is 57.8 Å². The number of fused-ring (bicyclic) bond motifs is 1. The second kappa shape index (κ2) is 6.91. The van der Waals surface area contributed by atoms with Crippen molar-refractivity contribution in [2.75, 3.05) is 0 Å². The predicted molar refractivity (Wildman–Crippen MR) is 90.7 cm³/mol. The van der Waals surface area contributed by atoms with Crippen molar-refractivity contribution < 1.29 is 0 Å². The molecule has 1 nitrogen and oxygen atoms in total. The van der Waals surface area contributed by atoms with Gasteiger partial charge in [0.1, 0.15) is 0 Å². The number of hydrogen-bond acceptors (Lipinski definition) is 3. The summed E-state index contributed by atoms with van der Waals surface area (Å²) >= 11 is 0. The fourth-order valence-corrected chi connectivity index (χ4v) is 6.19. The average molecular weight is 300 g/mol. The van der Waals surface area contributed by atoms with Gasteiger partial charge in [0.25, 0.3) is 0 Å². The molecular formula is C16H29NS2. The average Bonchev–Trinajstić information content (AvgIpc) is 2.34. The molecule has 3 heteroatoms. The Labute approximate surface area is 126 Å². The molecule has 0 aromatic carbocycles. The van der Waals surface area contributed by atoms with Crippen LogP contribution in [0.5, 0.6) is 0 Å². The normalized spacial score (nSPS) is 43.6. The van der Waals surface area contributed by atoms with Crippen LogP contribution < -0.4 is 5.73 Å². The highest BCUT2D eigenvalue weighted by Gasteiger charge is 2.42. The molecule has 0 spiro atoms. The van der Waals surface area contributed by atoms with Gasteiger partial charge in [0, 0.05) is 15.5 Å². The highest BCUT2D eigenvalue weighted by molar-refractivity contribution is 8.80. The number of allylic oxidation sites excluding steroid dienone is 1. The Morgan fingerprint density at radius 1 is 1.00 bits per heavy atom. The van der Waals surface area contributed by atoms with Gasteiger partial charge in [0.15, 0.2) is 0 Å². The minimum absolute atomic E-state index is 0.0708. The van der Waals surface area contributed by atoms with Gasteiger partial charge in [-0.05, 0) is 46.0 Å². The van der Waals surface area contributed by atoms with Gasteiger partial charge in [-0.3, -0.25) is 0 Å². The number of nitrogens with two attached hydrogens (primary N) is 1. The maximum Gasteiger partial charge on any atom is 0.0484 e. The summed E-state index contributed by atoms with van der Waals surface area (Å²) in [6.07, 6.45) is 16.5. The standard InChI is InChI=1S/C16H29NS2/c1-15(17)11-7-4-3-6-10-14-16(2,19-18-14)13-9-5-8-12-15/h6,10,14H,3-5,7-9,11-13,17H2,1-2H3/b10-6-. The summed E-state index contributed by atoms with van der Waals surface area (Å²) in [6.45, 7) is 4.69. The first-order valence-corrected chi connectivity index (χ1v) is 10.0. The lowest BCUT2D eigenvalue weighted by Gasteiger charge is -2.44. The van der Waals surface area contributed by atoms with Crippen molar-refractivity contribution in [1.82, 2.24) is 0 Å². The molecule has 1 aliphatic heterocycles. The summed E-state index contributed by atoms with van der Waals surface area (Å²) in [4.78, 5) is 0. The van der Waals surface area contributed by atoms with Crippen molar-refractivity contribution in [3.8, 4) is 0 Å². The van der Waals surface area contributed by atoms with Gasteiger partial charge in [-0.25, -0.2) is 0 Å². The summed E-state index contributed by atoms with van der Waals surface area (Å²) in [6, 6.07) is 0. The molecule has 0 saturated carbocycles. The molecule has 1 fully saturated rings. The van der Waals surface area contributed by atoms with Gasteiger partial charge in [-0.15, -0.1) is 0 Å². The smallest absolute Gasteiger partial charge is 0.0484 e. The Bertz CT molecular complexity index is 314. The third-order valence-electron chi connectivity index (χ3n) is 4.54. The molecule has 0 radical (unpaired) electrons. The lowest BCUT2D eigenvalue weighted by Crippen LogP contribution is -2.38. The van der Waals surface area contributed by atoms with Crippen LogP contribution >= 0.6 is 21.6 Å². The van der Waals surface area contributed by atoms with Crippen LogP contribution in [0.4, 0.5) is 0 Å². The molecule has 2 N–H and O–H groups in total. The Kier molecular flexibility index (Phi) is 5.74. The Morgan fingerprint density at radius 2 is 1.68 bits per heavy atom. The molecule has 3 unspecified atom stereocenters. The zero-order valence-corrected chi connectivity index (χ0v) is 14.1. The fourth-order valence-electron chi connectivity index (χ4n) is 3.00. The molecule has 0 aromatic heterocycles. The highest BCUT2D eigenvalue weighted by atomic mass is 33.1. The van der Waals surface area contributed by atoms with Crippen molar-refractivity contribution in [2.24, 2.45) is 5.73 Å². The molecular weight excluding hydrogens is 270 g/mol. The molecule has 0 amide bonds. The second-order valence-corrected chi connectivity index (χ2v) is 9.68. The fraction of sp³-hybridized carbons (Fsp3) is 0.875. The second-order valence-electron chi connectivity index (χ2n) is 6.80. The van der Waals surface area contributed by atoms with Crippen LogP contribution in [0, 0.1) is 0 Å². The maximum atomic E-state index is 6.39. The van der Waals surface area contributed by atoms with E-state index in [0.29, 0.717) is 4.75 Å². The highest BCUT2D eigenvalue weighted by Crippen LogP contribution is 2.59. The quantitative estimate of drug-likeness (QED) is 0.485. The van der Waals surface area contributed by atoms with E-state index in [1.54, 1.807) is 0 Å². The van der Waals surface area contributed by atoms with Gasteiger partial charge in [0.05, 0.1) is 0 Å². The van der Waals surface area contributed by atoms with Gasteiger partial charge >= 0.3 is 0 Å². The summed E-state index contributed by atoms with van der Waals surface area (Å²) < 4.78 is 0.497. The molecule has 1 saturated heterocycles. The van der Waals surface area contributed by atoms with Crippen LogP contribution in [0.25, 0.3) is 0 Å². The van der Waals surface area contributed by atoms with Crippen LogP contribution in [0.2, 0.25) is 0 Å². The molecule has 110 valence electrons. The van der Waals surface area contributed by atoms with E-state index in [-0.39, 0.29) is 5.54 Å². The molecule has 1 aliphatic carbocycles. The van der Waals surface area contributed by atoms with Crippen LogP contribution in [-0.4, -0.2) is 15.5 Å². The Hall–Kier alpha value is 0.400. The SMILES string of the molecule is CC1(N)CCCC/C=C\C2SSC2(C)CCCCC1. The van der Waals surface area contributed by atoms with E-state index in [1.807, 2.05) is 0 Å². The van der Waals surface area contributed by atoms with Gasteiger partial charge in [0.2, 0.25) is 0 Å². The van der Waals surface area contributed by atoms with E-state index in [2.05, 4.69) is 47.6 Å².